The molecule has 4 unspecified atom stereocenters. The third-order valence-corrected chi connectivity index (χ3v) is 5.79. The molecule has 2 aromatic carbocycles. The topological polar surface area (TPSA) is 98.7 Å². The van der Waals surface area contributed by atoms with Gasteiger partial charge in [-0.25, -0.2) is 0 Å². The lowest BCUT2D eigenvalue weighted by atomic mass is 10.1. The van der Waals surface area contributed by atoms with Crippen LogP contribution in [0.1, 0.15) is 37.1 Å². The van der Waals surface area contributed by atoms with Crippen LogP contribution in [0.25, 0.3) is 0 Å². The molecule has 3 rings (SSSR count). The van der Waals surface area contributed by atoms with Crippen LogP contribution in [0.5, 0.6) is 0 Å². The predicted octanol–water partition coefficient (Wildman–Crippen LogP) is 1.96. The van der Waals surface area contributed by atoms with Crippen LogP contribution in [0.4, 0.5) is 0 Å². The summed E-state index contributed by atoms with van der Waals surface area (Å²) in [6.45, 7) is 3.32. The van der Waals surface area contributed by atoms with Crippen molar-refractivity contribution in [3.8, 4) is 0 Å². The van der Waals surface area contributed by atoms with Crippen molar-refractivity contribution >= 4 is 11.8 Å². The van der Waals surface area contributed by atoms with Gasteiger partial charge in [0, 0.05) is 0 Å². The minimum absolute atomic E-state index is 0.222. The van der Waals surface area contributed by atoms with Gasteiger partial charge in [-0.3, -0.25) is 9.59 Å². The number of hydrogen-bond donors (Lipinski definition) is 4. The molecule has 0 aromatic heterocycles. The summed E-state index contributed by atoms with van der Waals surface area (Å²) >= 11 is 0. The molecule has 0 aliphatic heterocycles. The van der Waals surface area contributed by atoms with Gasteiger partial charge in [0.25, 0.3) is 0 Å². The second-order valence-corrected chi connectivity index (χ2v) is 8.09. The molecule has 4 atom stereocenters. The van der Waals surface area contributed by atoms with E-state index in [1.165, 1.54) is 0 Å². The number of nitrogens with one attached hydrogen (secondary N) is 2. The molecule has 0 saturated heterocycles. The molecule has 1 saturated carbocycles. The Bertz CT molecular complexity index is 769. The molecular formula is C23H28N2O4. The monoisotopic (exact) mass is 396 g/mol. The Morgan fingerprint density at radius 3 is 1.45 bits per heavy atom. The standard InChI is InChI=1S/C23H28N2O4/c1-23(2)19(21(28)24-17(13-26)15-9-5-3-6-10-15)20(23)22(29)25-18(14-27)16-11-7-4-8-12-16/h3-12,17-20,26-27H,13-14H2,1-2H3,(H,24,28)(H,25,29). The Morgan fingerprint density at radius 1 is 0.793 bits per heavy atom. The molecule has 29 heavy (non-hydrogen) atoms. The quantitative estimate of drug-likeness (QED) is 0.548. The van der Waals surface area contributed by atoms with Crippen molar-refractivity contribution in [3.63, 3.8) is 0 Å². The summed E-state index contributed by atoms with van der Waals surface area (Å²) in [5.41, 5.74) is 1.13. The summed E-state index contributed by atoms with van der Waals surface area (Å²) < 4.78 is 0. The summed E-state index contributed by atoms with van der Waals surface area (Å²) in [6.07, 6.45) is 0. The molecule has 0 heterocycles. The first-order valence-corrected chi connectivity index (χ1v) is 9.82. The summed E-state index contributed by atoms with van der Waals surface area (Å²) in [7, 11) is 0. The van der Waals surface area contributed by atoms with E-state index < -0.39 is 29.3 Å². The van der Waals surface area contributed by atoms with Gasteiger partial charge >= 0.3 is 0 Å². The van der Waals surface area contributed by atoms with Crippen molar-refractivity contribution in [2.24, 2.45) is 17.3 Å². The number of rotatable bonds is 8. The van der Waals surface area contributed by atoms with Gasteiger partial charge in [0.2, 0.25) is 11.8 Å². The lowest BCUT2D eigenvalue weighted by molar-refractivity contribution is -0.128. The van der Waals surface area contributed by atoms with Gasteiger partial charge in [-0.1, -0.05) is 74.5 Å². The number of amides is 2. The van der Waals surface area contributed by atoms with E-state index in [-0.39, 0.29) is 25.0 Å². The van der Waals surface area contributed by atoms with Gasteiger partial charge in [0.1, 0.15) is 0 Å². The molecule has 4 N–H and O–H groups in total. The van der Waals surface area contributed by atoms with Crippen LogP contribution >= 0.6 is 0 Å². The number of benzene rings is 2. The highest BCUT2D eigenvalue weighted by Crippen LogP contribution is 2.58. The molecule has 1 fully saturated rings. The Morgan fingerprint density at radius 2 is 1.14 bits per heavy atom. The smallest absolute Gasteiger partial charge is 0.225 e. The van der Waals surface area contributed by atoms with E-state index >= 15 is 0 Å². The van der Waals surface area contributed by atoms with Crippen molar-refractivity contribution in [1.29, 1.82) is 0 Å². The second-order valence-electron chi connectivity index (χ2n) is 8.09. The van der Waals surface area contributed by atoms with Crippen molar-refractivity contribution in [2.75, 3.05) is 13.2 Å². The first-order valence-electron chi connectivity index (χ1n) is 9.82. The van der Waals surface area contributed by atoms with Crippen LogP contribution < -0.4 is 10.6 Å². The van der Waals surface area contributed by atoms with Crippen LogP contribution in [0, 0.1) is 17.3 Å². The Hall–Kier alpha value is -2.70. The molecule has 154 valence electrons. The minimum Gasteiger partial charge on any atom is -0.394 e. The zero-order valence-corrected chi connectivity index (χ0v) is 16.7. The number of carbonyl (C=O) groups is 2. The molecule has 2 amide bonds. The number of carbonyl (C=O) groups excluding carboxylic acids is 2. The zero-order chi connectivity index (χ0) is 21.0. The largest absolute Gasteiger partial charge is 0.394 e. The van der Waals surface area contributed by atoms with E-state index in [1.807, 2.05) is 74.5 Å². The van der Waals surface area contributed by atoms with Gasteiger partial charge in [-0.2, -0.15) is 0 Å². The molecule has 2 aromatic rings. The zero-order valence-electron chi connectivity index (χ0n) is 16.7. The highest BCUT2D eigenvalue weighted by Gasteiger charge is 2.65. The van der Waals surface area contributed by atoms with Crippen LogP contribution in [0.3, 0.4) is 0 Å². The summed E-state index contributed by atoms with van der Waals surface area (Å²) in [4.78, 5) is 25.7. The highest BCUT2D eigenvalue weighted by atomic mass is 16.3. The SMILES string of the molecule is CC1(C)C(C(=O)NC(CO)c2ccccc2)C1C(=O)NC(CO)c1ccccc1. The molecule has 6 nitrogen and oxygen atoms in total. The number of aliphatic hydroxyl groups excluding tert-OH is 2. The van der Waals surface area contributed by atoms with Gasteiger partial charge in [0.15, 0.2) is 0 Å². The third kappa shape index (κ3) is 4.49. The molecule has 1 aliphatic rings. The van der Waals surface area contributed by atoms with Crippen LogP contribution in [-0.4, -0.2) is 35.2 Å². The average Bonchev–Trinajstić information content (AvgIpc) is 3.33. The van der Waals surface area contributed by atoms with E-state index in [0.29, 0.717) is 0 Å². The molecule has 0 spiro atoms. The van der Waals surface area contributed by atoms with Crippen molar-refractivity contribution in [1.82, 2.24) is 10.6 Å². The normalized spacial score (nSPS) is 21.7. The second kappa shape index (κ2) is 8.76. The van der Waals surface area contributed by atoms with E-state index in [1.54, 1.807) is 0 Å². The summed E-state index contributed by atoms with van der Waals surface area (Å²) in [6, 6.07) is 17.5. The van der Waals surface area contributed by atoms with Gasteiger partial charge in [-0.15, -0.1) is 0 Å². The van der Waals surface area contributed by atoms with E-state index in [9.17, 15) is 19.8 Å². The predicted molar refractivity (Wildman–Crippen MR) is 110 cm³/mol. The first kappa shape index (κ1) is 21.0. The minimum atomic E-state index is -0.515. The maximum absolute atomic E-state index is 12.9. The fraction of sp³-hybridized carbons (Fsp3) is 0.391. The summed E-state index contributed by atoms with van der Waals surface area (Å²) in [5, 5.41) is 25.1. The number of hydrogen-bond acceptors (Lipinski definition) is 4. The van der Waals surface area contributed by atoms with E-state index in [2.05, 4.69) is 10.6 Å². The van der Waals surface area contributed by atoms with E-state index in [0.717, 1.165) is 11.1 Å². The molecule has 0 bridgehead atoms. The lowest BCUT2D eigenvalue weighted by Crippen LogP contribution is -2.35. The molecule has 6 heteroatoms. The fourth-order valence-corrected chi connectivity index (χ4v) is 3.98. The Labute approximate surface area is 171 Å². The van der Waals surface area contributed by atoms with Crippen molar-refractivity contribution in [2.45, 2.75) is 25.9 Å². The van der Waals surface area contributed by atoms with Gasteiger partial charge in [-0.05, 0) is 16.5 Å². The van der Waals surface area contributed by atoms with Gasteiger partial charge < -0.3 is 20.8 Å². The third-order valence-electron chi connectivity index (χ3n) is 5.79. The van der Waals surface area contributed by atoms with Gasteiger partial charge in [0.05, 0.1) is 37.1 Å². The van der Waals surface area contributed by atoms with Crippen LogP contribution in [-0.2, 0) is 9.59 Å². The van der Waals surface area contributed by atoms with Crippen molar-refractivity contribution < 1.29 is 19.8 Å². The van der Waals surface area contributed by atoms with Crippen LogP contribution in [0.15, 0.2) is 60.7 Å². The first-order chi connectivity index (χ1) is 13.9. The number of aliphatic hydroxyl groups is 2. The maximum atomic E-state index is 12.9. The summed E-state index contributed by atoms with van der Waals surface area (Å²) in [5.74, 6) is -1.48. The molecule has 0 radical (unpaired) electrons. The molecular weight excluding hydrogens is 368 g/mol. The lowest BCUT2D eigenvalue weighted by Gasteiger charge is -2.18. The van der Waals surface area contributed by atoms with E-state index in [4.69, 9.17) is 0 Å². The fourth-order valence-electron chi connectivity index (χ4n) is 3.98. The average molecular weight is 396 g/mol. The maximum Gasteiger partial charge on any atom is 0.225 e. The Kier molecular flexibility index (Phi) is 6.35. The Balaban J connectivity index is 1.66. The van der Waals surface area contributed by atoms with Crippen LogP contribution in [0.2, 0.25) is 0 Å². The van der Waals surface area contributed by atoms with Crippen molar-refractivity contribution in [3.05, 3.63) is 71.8 Å². The highest BCUT2D eigenvalue weighted by molar-refractivity contribution is 5.94. The molecule has 1 aliphatic carbocycles.